The molecule has 3 N–H and O–H groups in total. The summed E-state index contributed by atoms with van der Waals surface area (Å²) in [5.41, 5.74) is 0.207. The summed E-state index contributed by atoms with van der Waals surface area (Å²) in [6.07, 6.45) is 9.26. The van der Waals surface area contributed by atoms with Gasteiger partial charge in [-0.25, -0.2) is 4.79 Å². The van der Waals surface area contributed by atoms with Crippen LogP contribution in [-0.2, 0) is 4.74 Å². The van der Waals surface area contributed by atoms with E-state index >= 15 is 0 Å². The van der Waals surface area contributed by atoms with Gasteiger partial charge in [-0.3, -0.25) is 0 Å². The number of carbonyl (C=O) groups is 1. The summed E-state index contributed by atoms with van der Waals surface area (Å²) < 4.78 is 5.21. The molecule has 0 aliphatic heterocycles. The fourth-order valence-electron chi connectivity index (χ4n) is 3.73. The molecule has 0 radical (unpaired) electrons. The topological polar surface area (TPSA) is 70.6 Å². The third kappa shape index (κ3) is 4.85. The van der Waals surface area contributed by atoms with Crippen LogP contribution in [-0.4, -0.2) is 43.5 Å². The van der Waals surface area contributed by atoms with Crippen LogP contribution >= 0.6 is 0 Å². The van der Waals surface area contributed by atoms with Gasteiger partial charge in [0.25, 0.3) is 0 Å². The van der Waals surface area contributed by atoms with E-state index in [2.05, 4.69) is 10.6 Å². The van der Waals surface area contributed by atoms with Gasteiger partial charge >= 0.3 is 6.03 Å². The number of urea groups is 1. The van der Waals surface area contributed by atoms with Gasteiger partial charge in [0.15, 0.2) is 0 Å². The van der Waals surface area contributed by atoms with Gasteiger partial charge in [0.2, 0.25) is 0 Å². The van der Waals surface area contributed by atoms with E-state index in [-0.39, 0.29) is 17.5 Å². The second kappa shape index (κ2) is 7.99. The molecule has 0 aromatic rings. The predicted octanol–water partition coefficient (Wildman–Crippen LogP) is 2.19. The van der Waals surface area contributed by atoms with E-state index in [0.29, 0.717) is 6.54 Å². The van der Waals surface area contributed by atoms with Crippen LogP contribution in [0.25, 0.3) is 0 Å². The Bertz CT molecular complexity index is 329. The molecule has 0 saturated heterocycles. The molecule has 2 aliphatic rings. The molecule has 2 aliphatic carbocycles. The Morgan fingerprint density at radius 1 is 1.24 bits per heavy atom. The molecule has 2 rings (SSSR count). The largest absolute Gasteiger partial charge is 0.391 e. The van der Waals surface area contributed by atoms with Crippen molar-refractivity contribution in [2.45, 2.75) is 69.9 Å². The van der Waals surface area contributed by atoms with Gasteiger partial charge in [0.05, 0.1) is 12.1 Å². The van der Waals surface area contributed by atoms with Crippen molar-refractivity contribution in [3.05, 3.63) is 0 Å². The standard InChI is InChI=1S/C16H30N2O3/c1-21-11-10-16(8-4-5-9-16)12-17-15(20)18-13-6-2-3-7-14(13)19/h13-14,19H,2-12H2,1H3,(H2,17,18,20). The Morgan fingerprint density at radius 3 is 2.62 bits per heavy atom. The Morgan fingerprint density at radius 2 is 1.95 bits per heavy atom. The van der Waals surface area contributed by atoms with Crippen LogP contribution in [0.1, 0.15) is 57.8 Å². The zero-order valence-corrected chi connectivity index (χ0v) is 13.2. The third-order valence-electron chi connectivity index (χ3n) is 5.17. The molecule has 2 amide bonds. The van der Waals surface area contributed by atoms with E-state index in [4.69, 9.17) is 4.74 Å². The van der Waals surface area contributed by atoms with Gasteiger partial charge in [-0.2, -0.15) is 0 Å². The smallest absolute Gasteiger partial charge is 0.315 e. The molecule has 5 heteroatoms. The number of rotatable bonds is 6. The summed E-state index contributed by atoms with van der Waals surface area (Å²) in [7, 11) is 1.73. The van der Waals surface area contributed by atoms with Crippen LogP contribution in [0.4, 0.5) is 4.79 Å². The number of hydrogen-bond donors (Lipinski definition) is 3. The monoisotopic (exact) mass is 298 g/mol. The van der Waals surface area contributed by atoms with Gasteiger partial charge in [0.1, 0.15) is 0 Å². The normalized spacial score (nSPS) is 28.3. The number of aliphatic hydroxyl groups is 1. The summed E-state index contributed by atoms with van der Waals surface area (Å²) in [6.45, 7) is 1.47. The van der Waals surface area contributed by atoms with Crippen molar-refractivity contribution in [2.75, 3.05) is 20.3 Å². The molecule has 122 valence electrons. The van der Waals surface area contributed by atoms with Crippen LogP contribution in [0.3, 0.4) is 0 Å². The number of amides is 2. The van der Waals surface area contributed by atoms with Crippen molar-refractivity contribution in [2.24, 2.45) is 5.41 Å². The van der Waals surface area contributed by atoms with Crippen LogP contribution in [0.2, 0.25) is 0 Å². The Balaban J connectivity index is 1.76. The van der Waals surface area contributed by atoms with Gasteiger partial charge < -0.3 is 20.5 Å². The lowest BCUT2D eigenvalue weighted by molar-refractivity contribution is 0.0934. The molecule has 0 heterocycles. The summed E-state index contributed by atoms with van der Waals surface area (Å²) >= 11 is 0. The molecule has 21 heavy (non-hydrogen) atoms. The SMILES string of the molecule is COCCC1(CNC(=O)NC2CCCCC2O)CCCC1. The third-order valence-corrected chi connectivity index (χ3v) is 5.17. The highest BCUT2D eigenvalue weighted by Gasteiger charge is 2.34. The molecule has 2 fully saturated rings. The minimum absolute atomic E-state index is 0.0859. The fourth-order valence-corrected chi connectivity index (χ4v) is 3.73. The first-order valence-electron chi connectivity index (χ1n) is 8.37. The minimum Gasteiger partial charge on any atom is -0.391 e. The number of aliphatic hydroxyl groups excluding tert-OH is 1. The van der Waals surface area contributed by atoms with E-state index in [1.54, 1.807) is 7.11 Å². The van der Waals surface area contributed by atoms with Gasteiger partial charge in [0, 0.05) is 20.3 Å². The first kappa shape index (κ1) is 16.6. The van der Waals surface area contributed by atoms with E-state index < -0.39 is 6.10 Å². The molecule has 0 spiro atoms. The van der Waals surface area contributed by atoms with Crippen molar-refractivity contribution in [1.82, 2.24) is 10.6 Å². The number of hydrogen-bond acceptors (Lipinski definition) is 3. The van der Waals surface area contributed by atoms with E-state index in [9.17, 15) is 9.90 Å². The summed E-state index contributed by atoms with van der Waals surface area (Å²) in [6, 6.07) is -0.220. The zero-order valence-electron chi connectivity index (χ0n) is 13.2. The highest BCUT2D eigenvalue weighted by molar-refractivity contribution is 5.74. The summed E-state index contributed by atoms with van der Waals surface area (Å²) in [5, 5.41) is 15.9. The summed E-state index contributed by atoms with van der Waals surface area (Å²) in [4.78, 5) is 12.1. The zero-order chi connectivity index (χ0) is 15.1. The molecule has 0 bridgehead atoms. The fraction of sp³-hybridized carbons (Fsp3) is 0.938. The van der Waals surface area contributed by atoms with Crippen LogP contribution in [0.5, 0.6) is 0 Å². The second-order valence-corrected chi connectivity index (χ2v) is 6.74. The second-order valence-electron chi connectivity index (χ2n) is 6.74. The van der Waals surface area contributed by atoms with Gasteiger partial charge in [-0.1, -0.05) is 25.7 Å². The molecule has 2 atom stereocenters. The van der Waals surface area contributed by atoms with E-state index in [1.165, 1.54) is 25.7 Å². The Labute approximate surface area is 127 Å². The molecule has 2 saturated carbocycles. The average molecular weight is 298 g/mol. The van der Waals surface area contributed by atoms with Crippen LogP contribution in [0.15, 0.2) is 0 Å². The first-order valence-corrected chi connectivity index (χ1v) is 8.37. The van der Waals surface area contributed by atoms with Gasteiger partial charge in [-0.15, -0.1) is 0 Å². The lowest BCUT2D eigenvalue weighted by Crippen LogP contribution is -2.50. The molecule has 5 nitrogen and oxygen atoms in total. The maximum Gasteiger partial charge on any atom is 0.315 e. The average Bonchev–Trinajstić information content (AvgIpc) is 2.95. The number of ether oxygens (including phenoxy) is 1. The number of nitrogens with one attached hydrogen (secondary N) is 2. The molecule has 0 aromatic carbocycles. The lowest BCUT2D eigenvalue weighted by atomic mass is 9.83. The molecular formula is C16H30N2O3. The van der Waals surface area contributed by atoms with E-state index in [0.717, 1.165) is 38.7 Å². The van der Waals surface area contributed by atoms with Crippen LogP contribution in [0, 0.1) is 5.41 Å². The first-order chi connectivity index (χ1) is 10.2. The van der Waals surface area contributed by atoms with Crippen LogP contribution < -0.4 is 10.6 Å². The summed E-state index contributed by atoms with van der Waals surface area (Å²) in [5.74, 6) is 0. The highest BCUT2D eigenvalue weighted by atomic mass is 16.5. The predicted molar refractivity (Wildman–Crippen MR) is 82.2 cm³/mol. The molecule has 2 unspecified atom stereocenters. The van der Waals surface area contributed by atoms with E-state index in [1.807, 2.05) is 0 Å². The highest BCUT2D eigenvalue weighted by Crippen LogP contribution is 2.40. The van der Waals surface area contributed by atoms with Crippen molar-refractivity contribution in [3.63, 3.8) is 0 Å². The van der Waals surface area contributed by atoms with Crippen molar-refractivity contribution >= 4 is 6.03 Å². The quantitative estimate of drug-likeness (QED) is 0.704. The van der Waals surface area contributed by atoms with Crippen molar-refractivity contribution < 1.29 is 14.6 Å². The van der Waals surface area contributed by atoms with Crippen molar-refractivity contribution in [3.8, 4) is 0 Å². The number of carbonyl (C=O) groups excluding carboxylic acids is 1. The maximum atomic E-state index is 12.1. The van der Waals surface area contributed by atoms with Crippen molar-refractivity contribution in [1.29, 1.82) is 0 Å². The van der Waals surface area contributed by atoms with Gasteiger partial charge in [-0.05, 0) is 37.5 Å². The number of methoxy groups -OCH3 is 1. The maximum absolute atomic E-state index is 12.1. The lowest BCUT2D eigenvalue weighted by Gasteiger charge is -2.31. The Hall–Kier alpha value is -0.810. The molecule has 0 aromatic heterocycles. The molecular weight excluding hydrogens is 268 g/mol. The minimum atomic E-state index is -0.390. The Kier molecular flexibility index (Phi) is 6.30.